The zero-order valence-corrected chi connectivity index (χ0v) is 15.2. The van der Waals surface area contributed by atoms with Crippen molar-refractivity contribution in [3.63, 3.8) is 0 Å². The first kappa shape index (κ1) is 15.8. The molecule has 0 unspecified atom stereocenters. The second-order valence-electron chi connectivity index (χ2n) is 6.01. The van der Waals surface area contributed by atoms with Gasteiger partial charge in [-0.1, -0.05) is 23.1 Å². The van der Waals surface area contributed by atoms with E-state index < -0.39 is 0 Å². The summed E-state index contributed by atoms with van der Waals surface area (Å²) < 4.78 is 4.06. The lowest BCUT2D eigenvalue weighted by molar-refractivity contribution is 0.242. The van der Waals surface area contributed by atoms with Crippen LogP contribution in [0.15, 0.2) is 27.6 Å². The van der Waals surface area contributed by atoms with E-state index in [4.69, 9.17) is 0 Å². The fourth-order valence-corrected chi connectivity index (χ4v) is 4.13. The molecule has 126 valence electrons. The Morgan fingerprint density at radius 1 is 1.42 bits per heavy atom. The lowest BCUT2D eigenvalue weighted by atomic mass is 10.3. The molecule has 9 heteroatoms. The molecule has 0 radical (unpaired) electrons. The molecule has 24 heavy (non-hydrogen) atoms. The van der Waals surface area contributed by atoms with Crippen LogP contribution >= 0.6 is 23.1 Å². The zero-order valence-electron chi connectivity index (χ0n) is 13.5. The van der Waals surface area contributed by atoms with Crippen molar-refractivity contribution in [1.29, 1.82) is 0 Å². The Morgan fingerprint density at radius 2 is 2.25 bits per heavy atom. The molecule has 0 N–H and O–H groups in total. The summed E-state index contributed by atoms with van der Waals surface area (Å²) in [6.45, 7) is 1.51. The van der Waals surface area contributed by atoms with Crippen LogP contribution in [0.4, 0.5) is 0 Å². The third-order valence-corrected chi connectivity index (χ3v) is 5.91. The molecular formula is C15H18N6OS2. The molecule has 3 aromatic heterocycles. The number of aromatic nitrogens is 5. The third-order valence-electron chi connectivity index (χ3n) is 4.03. The molecule has 0 aromatic carbocycles. The van der Waals surface area contributed by atoms with Crippen molar-refractivity contribution in [2.24, 2.45) is 7.05 Å². The number of hydrogen-bond donors (Lipinski definition) is 0. The topological polar surface area (TPSA) is 68.3 Å². The minimum Gasteiger partial charge on any atom is -0.290 e. The Morgan fingerprint density at radius 3 is 2.92 bits per heavy atom. The highest BCUT2D eigenvalue weighted by atomic mass is 32.2. The second-order valence-corrected chi connectivity index (χ2v) is 8.02. The van der Waals surface area contributed by atoms with Gasteiger partial charge in [-0.3, -0.25) is 14.4 Å². The first-order valence-corrected chi connectivity index (χ1v) is 9.82. The van der Waals surface area contributed by atoms with Crippen LogP contribution in [-0.4, -0.2) is 41.6 Å². The number of thioether (sulfide) groups is 1. The summed E-state index contributed by atoms with van der Waals surface area (Å²) in [5.41, 5.74) is 1.89. The molecule has 0 bridgehead atoms. The molecule has 4 rings (SSSR count). The summed E-state index contributed by atoms with van der Waals surface area (Å²) in [6, 6.07) is 2.18. The van der Waals surface area contributed by atoms with Crippen molar-refractivity contribution in [2.45, 2.75) is 36.3 Å². The minimum atomic E-state index is -0.108. The standard InChI is InChI=1S/C15H18N6OS2/c1-19-7-10(6-16-19)8-20(12-3-4-12)9-11-5-13(22)21-14(17-11)24-15(18-21)23-2/h5-7,12H,3-4,8-9H2,1-2H3. The van der Waals surface area contributed by atoms with E-state index in [1.54, 1.807) is 6.07 Å². The van der Waals surface area contributed by atoms with Crippen molar-refractivity contribution < 1.29 is 0 Å². The summed E-state index contributed by atoms with van der Waals surface area (Å²) in [5.74, 6) is 0. The van der Waals surface area contributed by atoms with Crippen LogP contribution < -0.4 is 5.56 Å². The average molecular weight is 362 g/mol. The maximum Gasteiger partial charge on any atom is 0.275 e. The van der Waals surface area contributed by atoms with Crippen molar-refractivity contribution >= 4 is 28.1 Å². The molecule has 0 aliphatic heterocycles. The third kappa shape index (κ3) is 3.24. The van der Waals surface area contributed by atoms with E-state index in [0.717, 1.165) is 16.6 Å². The lowest BCUT2D eigenvalue weighted by Gasteiger charge is -2.20. The molecule has 1 saturated carbocycles. The summed E-state index contributed by atoms with van der Waals surface area (Å²) in [7, 11) is 1.93. The Bertz CT molecular complexity index is 926. The van der Waals surface area contributed by atoms with Crippen LogP contribution in [0.2, 0.25) is 0 Å². The van der Waals surface area contributed by atoms with Gasteiger partial charge in [0.2, 0.25) is 4.96 Å². The van der Waals surface area contributed by atoms with Gasteiger partial charge in [0, 0.05) is 44.0 Å². The fraction of sp³-hybridized carbons (Fsp3) is 0.467. The van der Waals surface area contributed by atoms with Crippen molar-refractivity contribution in [1.82, 2.24) is 29.3 Å². The van der Waals surface area contributed by atoms with Crippen molar-refractivity contribution in [3.8, 4) is 0 Å². The van der Waals surface area contributed by atoms with Crippen molar-refractivity contribution in [3.05, 3.63) is 40.1 Å². The van der Waals surface area contributed by atoms with Gasteiger partial charge in [0.1, 0.15) is 0 Å². The Labute approximate surface area is 147 Å². The van der Waals surface area contributed by atoms with E-state index in [2.05, 4.69) is 20.1 Å². The number of aryl methyl sites for hydroxylation is 1. The van der Waals surface area contributed by atoms with Gasteiger partial charge in [-0.2, -0.15) is 9.61 Å². The summed E-state index contributed by atoms with van der Waals surface area (Å²) >= 11 is 2.99. The largest absolute Gasteiger partial charge is 0.290 e. The average Bonchev–Trinajstić information content (AvgIpc) is 3.19. The highest BCUT2D eigenvalue weighted by Crippen LogP contribution is 2.29. The molecule has 0 saturated heterocycles. The highest BCUT2D eigenvalue weighted by molar-refractivity contribution is 8.00. The van der Waals surface area contributed by atoms with Gasteiger partial charge in [0.25, 0.3) is 5.56 Å². The lowest BCUT2D eigenvalue weighted by Crippen LogP contribution is -2.27. The van der Waals surface area contributed by atoms with E-state index >= 15 is 0 Å². The van der Waals surface area contributed by atoms with Crippen LogP contribution in [-0.2, 0) is 20.1 Å². The summed E-state index contributed by atoms with van der Waals surface area (Å²) in [4.78, 5) is 20.0. The number of rotatable bonds is 6. The van der Waals surface area contributed by atoms with Gasteiger partial charge < -0.3 is 0 Å². The van der Waals surface area contributed by atoms with Crippen LogP contribution in [0.1, 0.15) is 24.1 Å². The predicted molar refractivity (Wildman–Crippen MR) is 94.4 cm³/mol. The first-order valence-electron chi connectivity index (χ1n) is 7.78. The van der Waals surface area contributed by atoms with Crippen LogP contribution in [0.3, 0.4) is 0 Å². The van der Waals surface area contributed by atoms with E-state index in [1.807, 2.05) is 30.4 Å². The number of nitrogens with zero attached hydrogens (tertiary/aromatic N) is 6. The van der Waals surface area contributed by atoms with Crippen LogP contribution in [0, 0.1) is 0 Å². The summed E-state index contributed by atoms with van der Waals surface area (Å²) in [6.07, 6.45) is 8.30. The molecular weight excluding hydrogens is 344 g/mol. The van der Waals surface area contributed by atoms with Gasteiger partial charge in [-0.15, -0.1) is 5.10 Å². The van der Waals surface area contributed by atoms with Crippen molar-refractivity contribution in [2.75, 3.05) is 6.26 Å². The maximum atomic E-state index is 12.3. The first-order chi connectivity index (χ1) is 11.6. The fourth-order valence-electron chi connectivity index (χ4n) is 2.75. The van der Waals surface area contributed by atoms with Gasteiger partial charge >= 0.3 is 0 Å². The molecule has 1 fully saturated rings. The monoisotopic (exact) mass is 362 g/mol. The number of hydrogen-bond acceptors (Lipinski definition) is 7. The maximum absolute atomic E-state index is 12.3. The van der Waals surface area contributed by atoms with E-state index in [1.165, 1.54) is 46.0 Å². The second kappa shape index (κ2) is 6.30. The number of fused-ring (bicyclic) bond motifs is 1. The normalized spacial score (nSPS) is 14.8. The molecule has 3 aromatic rings. The molecule has 0 amide bonds. The molecule has 1 aliphatic rings. The Balaban J connectivity index is 1.59. The molecule has 3 heterocycles. The smallest absolute Gasteiger partial charge is 0.275 e. The van der Waals surface area contributed by atoms with E-state index in [9.17, 15) is 4.79 Å². The van der Waals surface area contributed by atoms with Gasteiger partial charge in [-0.25, -0.2) is 4.98 Å². The Kier molecular flexibility index (Phi) is 4.15. The van der Waals surface area contributed by atoms with E-state index in [-0.39, 0.29) is 5.56 Å². The zero-order chi connectivity index (χ0) is 16.7. The molecule has 1 aliphatic carbocycles. The molecule has 0 atom stereocenters. The van der Waals surface area contributed by atoms with Crippen LogP contribution in [0.5, 0.6) is 0 Å². The van der Waals surface area contributed by atoms with Gasteiger partial charge in [0.05, 0.1) is 11.9 Å². The SMILES string of the molecule is CSc1nn2c(=O)cc(CN(Cc3cnn(C)c3)C3CC3)nc2s1. The van der Waals surface area contributed by atoms with Gasteiger partial charge in [0.15, 0.2) is 4.34 Å². The molecule has 0 spiro atoms. The predicted octanol–water partition coefficient (Wildman–Crippen LogP) is 1.77. The van der Waals surface area contributed by atoms with E-state index in [0.29, 0.717) is 17.5 Å². The minimum absolute atomic E-state index is 0.108. The quantitative estimate of drug-likeness (QED) is 0.623. The van der Waals surface area contributed by atoms with Gasteiger partial charge in [-0.05, 0) is 19.1 Å². The highest BCUT2D eigenvalue weighted by Gasteiger charge is 2.29. The molecule has 7 nitrogen and oxygen atoms in total. The Hall–Kier alpha value is -1.71. The van der Waals surface area contributed by atoms with Crippen LogP contribution in [0.25, 0.3) is 4.96 Å². The summed E-state index contributed by atoms with van der Waals surface area (Å²) in [5, 5.41) is 8.50.